The largest absolute Gasteiger partial charge is 0.478 e. The highest BCUT2D eigenvalue weighted by Gasteiger charge is 2.40. The molecule has 1 aliphatic rings. The molecular formula is C6H8O5. The Morgan fingerprint density at radius 2 is 2.45 bits per heavy atom. The van der Waals surface area contributed by atoms with Crippen LogP contribution in [0, 0.1) is 0 Å². The molecule has 1 heterocycles. The van der Waals surface area contributed by atoms with E-state index in [0.29, 0.717) is 0 Å². The number of carbonyl (C=O) groups is 2. The minimum atomic E-state index is -1.16. The Balaban J connectivity index is 2.64. The summed E-state index contributed by atoms with van der Waals surface area (Å²) in [7, 11) is 1.35. The van der Waals surface area contributed by atoms with Crippen molar-refractivity contribution in [2.24, 2.45) is 0 Å². The summed E-state index contributed by atoms with van der Waals surface area (Å²) in [6, 6.07) is 0. The van der Waals surface area contributed by atoms with Gasteiger partial charge in [0.2, 0.25) is 6.10 Å². The van der Waals surface area contributed by atoms with Crippen LogP contribution in [0.5, 0.6) is 0 Å². The van der Waals surface area contributed by atoms with Crippen molar-refractivity contribution in [3.8, 4) is 0 Å². The molecule has 5 nitrogen and oxygen atoms in total. The van der Waals surface area contributed by atoms with E-state index in [1.54, 1.807) is 0 Å². The fourth-order valence-electron chi connectivity index (χ4n) is 0.953. The molecule has 0 aromatic heterocycles. The number of carboxylic acids is 1. The van der Waals surface area contributed by atoms with Crippen molar-refractivity contribution in [1.29, 1.82) is 0 Å². The first-order valence-electron chi connectivity index (χ1n) is 3.10. The second-order valence-electron chi connectivity index (χ2n) is 2.23. The Morgan fingerprint density at radius 1 is 1.82 bits per heavy atom. The summed E-state index contributed by atoms with van der Waals surface area (Å²) >= 11 is 0. The highest BCUT2D eigenvalue weighted by atomic mass is 16.6. The van der Waals surface area contributed by atoms with Gasteiger partial charge in [-0.05, 0) is 0 Å². The molecule has 0 bridgehead atoms. The number of carbonyl (C=O) groups excluding carboxylic acids is 1. The molecule has 0 aliphatic carbocycles. The van der Waals surface area contributed by atoms with Gasteiger partial charge < -0.3 is 14.6 Å². The molecular weight excluding hydrogens is 152 g/mol. The van der Waals surface area contributed by atoms with E-state index in [1.165, 1.54) is 7.11 Å². The topological polar surface area (TPSA) is 72.8 Å². The molecule has 2 unspecified atom stereocenters. The third kappa shape index (κ3) is 1.48. The Bertz CT molecular complexity index is 187. The van der Waals surface area contributed by atoms with Crippen molar-refractivity contribution >= 4 is 11.9 Å². The summed E-state index contributed by atoms with van der Waals surface area (Å²) in [5.41, 5.74) is 0. The second kappa shape index (κ2) is 2.87. The lowest BCUT2D eigenvalue weighted by Crippen LogP contribution is -2.31. The quantitative estimate of drug-likeness (QED) is 0.546. The Hall–Kier alpha value is -1.10. The molecule has 1 aliphatic heterocycles. The summed E-state index contributed by atoms with van der Waals surface area (Å²) < 4.78 is 9.19. The fraction of sp³-hybridized carbons (Fsp3) is 0.667. The van der Waals surface area contributed by atoms with Gasteiger partial charge in [0, 0.05) is 7.11 Å². The van der Waals surface area contributed by atoms with E-state index >= 15 is 0 Å². The van der Waals surface area contributed by atoms with E-state index in [4.69, 9.17) is 9.84 Å². The number of hydrogen-bond donors (Lipinski definition) is 1. The first-order chi connectivity index (χ1) is 5.15. The minimum Gasteiger partial charge on any atom is -0.478 e. The number of methoxy groups -OCH3 is 1. The molecule has 0 amide bonds. The molecule has 1 fully saturated rings. The van der Waals surface area contributed by atoms with Gasteiger partial charge in [0.15, 0.2) is 0 Å². The van der Waals surface area contributed by atoms with Gasteiger partial charge in [0.1, 0.15) is 6.10 Å². The molecule has 0 radical (unpaired) electrons. The molecule has 5 heteroatoms. The van der Waals surface area contributed by atoms with Gasteiger partial charge in [-0.2, -0.15) is 0 Å². The van der Waals surface area contributed by atoms with E-state index in [1.807, 2.05) is 0 Å². The zero-order valence-corrected chi connectivity index (χ0v) is 5.94. The standard InChI is InChI=1S/C6H8O5/c1-10-3-2-4(7)11-5(3)6(8)9/h3,5H,2H2,1H3,(H,8,9). The molecule has 0 aromatic rings. The molecule has 62 valence electrons. The third-order valence-corrected chi connectivity index (χ3v) is 1.51. The van der Waals surface area contributed by atoms with Gasteiger partial charge >= 0.3 is 11.9 Å². The van der Waals surface area contributed by atoms with Gasteiger partial charge in [-0.15, -0.1) is 0 Å². The lowest BCUT2D eigenvalue weighted by Gasteiger charge is -2.09. The van der Waals surface area contributed by atoms with Crippen LogP contribution in [-0.2, 0) is 19.1 Å². The van der Waals surface area contributed by atoms with Crippen molar-refractivity contribution < 1.29 is 24.2 Å². The smallest absolute Gasteiger partial charge is 0.347 e. The molecule has 0 aromatic carbocycles. The normalized spacial score (nSPS) is 30.1. The fourth-order valence-corrected chi connectivity index (χ4v) is 0.953. The first-order valence-corrected chi connectivity index (χ1v) is 3.10. The average molecular weight is 160 g/mol. The maximum atomic E-state index is 10.6. The summed E-state index contributed by atoms with van der Waals surface area (Å²) in [6.45, 7) is 0. The lowest BCUT2D eigenvalue weighted by molar-refractivity contribution is -0.160. The summed E-state index contributed by atoms with van der Waals surface area (Å²) in [5, 5.41) is 8.48. The maximum absolute atomic E-state index is 10.6. The minimum absolute atomic E-state index is 0.0213. The van der Waals surface area contributed by atoms with Gasteiger partial charge in [0.25, 0.3) is 0 Å². The van der Waals surface area contributed by atoms with Crippen LogP contribution in [0.3, 0.4) is 0 Å². The average Bonchev–Trinajstić information content (AvgIpc) is 2.30. The van der Waals surface area contributed by atoms with Crippen LogP contribution in [0.4, 0.5) is 0 Å². The van der Waals surface area contributed by atoms with Crippen molar-refractivity contribution in [3.63, 3.8) is 0 Å². The molecule has 0 spiro atoms. The van der Waals surface area contributed by atoms with Crippen molar-refractivity contribution in [2.75, 3.05) is 7.11 Å². The summed E-state index contributed by atoms with van der Waals surface area (Å²) in [5.74, 6) is -1.69. The Labute approximate surface area is 62.9 Å². The number of rotatable bonds is 2. The Morgan fingerprint density at radius 3 is 2.82 bits per heavy atom. The Kier molecular flexibility index (Phi) is 2.09. The van der Waals surface area contributed by atoms with E-state index in [-0.39, 0.29) is 6.42 Å². The highest BCUT2D eigenvalue weighted by molar-refractivity contribution is 5.83. The number of esters is 1. The third-order valence-electron chi connectivity index (χ3n) is 1.51. The van der Waals surface area contributed by atoms with Crippen LogP contribution in [0.1, 0.15) is 6.42 Å². The van der Waals surface area contributed by atoms with Crippen LogP contribution < -0.4 is 0 Å². The monoisotopic (exact) mass is 160 g/mol. The molecule has 1 rings (SSSR count). The van der Waals surface area contributed by atoms with E-state index in [0.717, 1.165) is 0 Å². The molecule has 1 saturated heterocycles. The zero-order valence-electron chi connectivity index (χ0n) is 5.94. The summed E-state index contributed by atoms with van der Waals surface area (Å²) in [6.07, 6.45) is -1.75. The van der Waals surface area contributed by atoms with Gasteiger partial charge in [-0.3, -0.25) is 4.79 Å². The van der Waals surface area contributed by atoms with Crippen molar-refractivity contribution in [1.82, 2.24) is 0 Å². The number of ether oxygens (including phenoxy) is 2. The molecule has 11 heavy (non-hydrogen) atoms. The van der Waals surface area contributed by atoms with Crippen molar-refractivity contribution in [3.05, 3.63) is 0 Å². The van der Waals surface area contributed by atoms with Crippen LogP contribution >= 0.6 is 0 Å². The van der Waals surface area contributed by atoms with Gasteiger partial charge in [-0.25, -0.2) is 4.79 Å². The van der Waals surface area contributed by atoms with Gasteiger partial charge in [-0.1, -0.05) is 0 Å². The van der Waals surface area contributed by atoms with E-state index < -0.39 is 24.1 Å². The zero-order chi connectivity index (χ0) is 8.43. The number of carboxylic acid groups (broad SMARTS) is 1. The van der Waals surface area contributed by atoms with Gasteiger partial charge in [0.05, 0.1) is 6.42 Å². The van der Waals surface area contributed by atoms with E-state index in [2.05, 4.69) is 4.74 Å². The predicted molar refractivity (Wildman–Crippen MR) is 32.9 cm³/mol. The molecule has 1 N–H and O–H groups in total. The second-order valence-corrected chi connectivity index (χ2v) is 2.23. The number of cyclic esters (lactones) is 1. The predicted octanol–water partition coefficient (Wildman–Crippen LogP) is -0.599. The van der Waals surface area contributed by atoms with Crippen LogP contribution in [0.2, 0.25) is 0 Å². The van der Waals surface area contributed by atoms with E-state index in [9.17, 15) is 9.59 Å². The lowest BCUT2D eigenvalue weighted by atomic mass is 10.2. The van der Waals surface area contributed by atoms with Crippen LogP contribution in [0.15, 0.2) is 0 Å². The number of aliphatic carboxylic acids is 1. The summed E-state index contributed by atoms with van der Waals surface area (Å²) in [4.78, 5) is 20.9. The van der Waals surface area contributed by atoms with Crippen molar-refractivity contribution in [2.45, 2.75) is 18.6 Å². The maximum Gasteiger partial charge on any atom is 0.347 e. The highest BCUT2D eigenvalue weighted by Crippen LogP contribution is 2.17. The van der Waals surface area contributed by atoms with Crippen LogP contribution in [-0.4, -0.2) is 36.4 Å². The molecule has 0 saturated carbocycles. The first kappa shape index (κ1) is 8.00. The van der Waals surface area contributed by atoms with Crippen LogP contribution in [0.25, 0.3) is 0 Å². The number of hydrogen-bond acceptors (Lipinski definition) is 4. The molecule has 2 atom stereocenters. The SMILES string of the molecule is COC1CC(=O)OC1C(=O)O.